The molecular weight excluding hydrogens is 317 g/mol. The van der Waals surface area contributed by atoms with Gasteiger partial charge in [-0.2, -0.15) is 0 Å². The van der Waals surface area contributed by atoms with Gasteiger partial charge >= 0.3 is 0 Å². The van der Waals surface area contributed by atoms with Crippen LogP contribution in [-0.2, 0) is 17.6 Å². The summed E-state index contributed by atoms with van der Waals surface area (Å²) in [5.41, 5.74) is 3.37. The van der Waals surface area contributed by atoms with E-state index in [0.717, 1.165) is 23.4 Å². The summed E-state index contributed by atoms with van der Waals surface area (Å²) < 4.78 is 13.9. The van der Waals surface area contributed by atoms with Crippen LogP contribution in [0, 0.1) is 5.82 Å². The monoisotopic (exact) mass is 335 g/mol. The van der Waals surface area contributed by atoms with Crippen molar-refractivity contribution >= 4 is 5.91 Å². The van der Waals surface area contributed by atoms with Gasteiger partial charge in [-0.05, 0) is 17.2 Å². The minimum Gasteiger partial charge on any atom is -0.348 e. The van der Waals surface area contributed by atoms with Crippen LogP contribution in [0.5, 0.6) is 0 Å². The number of aromatic nitrogens is 2. The Labute approximate surface area is 145 Å². The summed E-state index contributed by atoms with van der Waals surface area (Å²) in [4.78, 5) is 22.4. The molecule has 1 aromatic heterocycles. The first-order valence-corrected chi connectivity index (χ1v) is 8.34. The van der Waals surface area contributed by atoms with Crippen molar-refractivity contribution in [2.24, 2.45) is 0 Å². The van der Waals surface area contributed by atoms with Crippen LogP contribution in [0.25, 0.3) is 0 Å². The van der Waals surface area contributed by atoms with Gasteiger partial charge in [-0.25, -0.2) is 9.37 Å². The van der Waals surface area contributed by atoms with E-state index in [2.05, 4.69) is 9.97 Å². The lowest BCUT2D eigenvalue weighted by atomic mass is 9.95. The van der Waals surface area contributed by atoms with E-state index in [4.69, 9.17) is 0 Å². The number of carbonyl (C=O) groups excluding carboxylic acids is 1. The number of fused-ring (bicyclic) bond motifs is 1. The molecule has 0 saturated heterocycles. The van der Waals surface area contributed by atoms with Crippen molar-refractivity contribution in [1.29, 1.82) is 0 Å². The SMILES string of the molecule is O=C(Cc1ccccc1F)N1CCc2[nH]cnc2C1c1ccccc1. The minimum absolute atomic E-state index is 0.0514. The number of aromatic amines is 1. The molecule has 3 aromatic rings. The molecule has 126 valence electrons. The number of carbonyl (C=O) groups is 1. The van der Waals surface area contributed by atoms with Gasteiger partial charge in [-0.1, -0.05) is 48.5 Å². The largest absolute Gasteiger partial charge is 0.348 e. The molecule has 4 nitrogen and oxygen atoms in total. The highest BCUT2D eigenvalue weighted by Crippen LogP contribution is 2.33. The van der Waals surface area contributed by atoms with Gasteiger partial charge < -0.3 is 9.88 Å². The molecule has 5 heteroatoms. The van der Waals surface area contributed by atoms with Crippen LogP contribution in [0.4, 0.5) is 4.39 Å². The molecule has 1 aliphatic heterocycles. The van der Waals surface area contributed by atoms with E-state index >= 15 is 0 Å². The highest BCUT2D eigenvalue weighted by atomic mass is 19.1. The Bertz CT molecular complexity index is 891. The summed E-state index contributed by atoms with van der Waals surface area (Å²) in [6, 6.07) is 16.0. The standard InChI is InChI=1S/C20H18FN3O/c21-16-9-5-4-8-15(16)12-18(25)24-11-10-17-19(23-13-22-17)20(24)14-6-2-1-3-7-14/h1-9,13,20H,10-12H2,(H,22,23). The minimum atomic E-state index is -0.343. The van der Waals surface area contributed by atoms with E-state index in [1.807, 2.05) is 35.2 Å². The topological polar surface area (TPSA) is 49.0 Å². The van der Waals surface area contributed by atoms with E-state index in [1.54, 1.807) is 24.5 Å². The summed E-state index contributed by atoms with van der Waals surface area (Å²) in [5.74, 6) is -0.433. The van der Waals surface area contributed by atoms with Gasteiger partial charge in [0.25, 0.3) is 0 Å². The molecule has 0 fully saturated rings. The molecule has 0 aliphatic carbocycles. The number of rotatable bonds is 3. The lowest BCUT2D eigenvalue weighted by Gasteiger charge is -2.35. The van der Waals surface area contributed by atoms with Crippen LogP contribution in [-0.4, -0.2) is 27.3 Å². The van der Waals surface area contributed by atoms with Crippen LogP contribution >= 0.6 is 0 Å². The molecule has 1 atom stereocenters. The molecule has 0 radical (unpaired) electrons. The average Bonchev–Trinajstić information content (AvgIpc) is 3.12. The number of hydrogen-bond acceptors (Lipinski definition) is 2. The smallest absolute Gasteiger partial charge is 0.227 e. The van der Waals surface area contributed by atoms with E-state index in [-0.39, 0.29) is 24.2 Å². The van der Waals surface area contributed by atoms with Crippen molar-refractivity contribution in [3.8, 4) is 0 Å². The normalized spacial score (nSPS) is 16.5. The fourth-order valence-electron chi connectivity index (χ4n) is 3.42. The van der Waals surface area contributed by atoms with E-state index in [9.17, 15) is 9.18 Å². The zero-order valence-corrected chi connectivity index (χ0v) is 13.7. The van der Waals surface area contributed by atoms with Gasteiger partial charge in [-0.3, -0.25) is 4.79 Å². The second-order valence-electron chi connectivity index (χ2n) is 6.18. The maximum Gasteiger partial charge on any atom is 0.227 e. The van der Waals surface area contributed by atoms with Gasteiger partial charge in [0.15, 0.2) is 0 Å². The highest BCUT2D eigenvalue weighted by Gasteiger charge is 2.33. The first-order valence-electron chi connectivity index (χ1n) is 8.34. The van der Waals surface area contributed by atoms with Crippen molar-refractivity contribution < 1.29 is 9.18 Å². The lowest BCUT2D eigenvalue weighted by Crippen LogP contribution is -2.41. The third-order valence-corrected chi connectivity index (χ3v) is 4.66. The maximum atomic E-state index is 13.9. The molecule has 1 amide bonds. The van der Waals surface area contributed by atoms with E-state index in [0.29, 0.717) is 12.1 Å². The second kappa shape index (κ2) is 6.51. The number of amides is 1. The van der Waals surface area contributed by atoms with Gasteiger partial charge in [0.2, 0.25) is 5.91 Å². The Morgan fingerprint density at radius 2 is 1.92 bits per heavy atom. The summed E-state index contributed by atoms with van der Waals surface area (Å²) >= 11 is 0. The van der Waals surface area contributed by atoms with Gasteiger partial charge in [0.05, 0.1) is 18.4 Å². The molecule has 4 rings (SSSR count). The molecule has 2 aromatic carbocycles. The van der Waals surface area contributed by atoms with Crippen molar-refractivity contribution in [2.75, 3.05) is 6.54 Å². The number of nitrogens with zero attached hydrogens (tertiary/aromatic N) is 2. The summed E-state index contributed by atoms with van der Waals surface area (Å²) in [6.07, 6.45) is 2.45. The Kier molecular flexibility index (Phi) is 4.06. The molecule has 1 N–H and O–H groups in total. The second-order valence-corrected chi connectivity index (χ2v) is 6.18. The Hall–Kier alpha value is -2.95. The number of hydrogen-bond donors (Lipinski definition) is 1. The fourth-order valence-corrected chi connectivity index (χ4v) is 3.42. The summed E-state index contributed by atoms with van der Waals surface area (Å²) in [5, 5.41) is 0. The fraction of sp³-hybridized carbons (Fsp3) is 0.200. The van der Waals surface area contributed by atoms with Crippen molar-refractivity contribution in [2.45, 2.75) is 18.9 Å². The van der Waals surface area contributed by atoms with Gasteiger partial charge in [0.1, 0.15) is 11.9 Å². The molecule has 0 spiro atoms. The highest BCUT2D eigenvalue weighted by molar-refractivity contribution is 5.80. The third kappa shape index (κ3) is 2.93. The number of nitrogens with one attached hydrogen (secondary N) is 1. The first-order chi connectivity index (χ1) is 12.2. The van der Waals surface area contributed by atoms with Crippen LogP contribution in [0.2, 0.25) is 0 Å². The lowest BCUT2D eigenvalue weighted by molar-refractivity contribution is -0.132. The van der Waals surface area contributed by atoms with Crippen LogP contribution in [0.15, 0.2) is 60.9 Å². The number of benzene rings is 2. The predicted octanol–water partition coefficient (Wildman–Crippen LogP) is 3.27. The number of imidazole rings is 1. The summed E-state index contributed by atoms with van der Waals surface area (Å²) in [6.45, 7) is 0.585. The summed E-state index contributed by atoms with van der Waals surface area (Å²) in [7, 11) is 0. The van der Waals surface area contributed by atoms with Gasteiger partial charge in [0, 0.05) is 18.7 Å². The van der Waals surface area contributed by atoms with Crippen LogP contribution in [0.1, 0.15) is 28.6 Å². The third-order valence-electron chi connectivity index (χ3n) is 4.66. The predicted molar refractivity (Wildman–Crippen MR) is 92.4 cm³/mol. The number of halogens is 1. The molecule has 0 saturated carbocycles. The Morgan fingerprint density at radius 3 is 2.72 bits per heavy atom. The first kappa shape index (κ1) is 15.6. The number of H-pyrrole nitrogens is 1. The average molecular weight is 335 g/mol. The molecular formula is C20H18FN3O. The Balaban J connectivity index is 1.68. The molecule has 1 unspecified atom stereocenters. The zero-order chi connectivity index (χ0) is 17.2. The van der Waals surface area contributed by atoms with Crippen molar-refractivity contribution in [3.05, 3.63) is 89.3 Å². The molecule has 1 aliphatic rings. The maximum absolute atomic E-state index is 13.9. The van der Waals surface area contributed by atoms with Crippen molar-refractivity contribution in [1.82, 2.24) is 14.9 Å². The Morgan fingerprint density at radius 1 is 1.16 bits per heavy atom. The van der Waals surface area contributed by atoms with Crippen molar-refractivity contribution in [3.63, 3.8) is 0 Å². The molecule has 0 bridgehead atoms. The molecule has 25 heavy (non-hydrogen) atoms. The van der Waals surface area contributed by atoms with Gasteiger partial charge in [-0.15, -0.1) is 0 Å². The molecule has 2 heterocycles. The van der Waals surface area contributed by atoms with Crippen LogP contribution in [0.3, 0.4) is 0 Å². The van der Waals surface area contributed by atoms with Crippen LogP contribution < -0.4 is 0 Å². The van der Waals surface area contributed by atoms with E-state index < -0.39 is 0 Å². The quantitative estimate of drug-likeness (QED) is 0.799. The van der Waals surface area contributed by atoms with E-state index in [1.165, 1.54) is 6.07 Å². The zero-order valence-electron chi connectivity index (χ0n) is 13.7.